The van der Waals surface area contributed by atoms with Gasteiger partial charge >= 0.3 is 5.97 Å². The molecule has 0 bridgehead atoms. The Kier molecular flexibility index (Phi) is 2.29. The van der Waals surface area contributed by atoms with Crippen molar-refractivity contribution in [3.05, 3.63) is 34.9 Å². The Morgan fingerprint density at radius 1 is 1.41 bits per heavy atom. The quantitative estimate of drug-likeness (QED) is 0.363. The van der Waals surface area contributed by atoms with Crippen molar-refractivity contribution in [2.75, 3.05) is 0 Å². The maximum atomic E-state index is 11.7. The van der Waals surface area contributed by atoms with E-state index in [-0.39, 0.29) is 18.0 Å². The van der Waals surface area contributed by atoms with E-state index in [1.165, 1.54) is 16.7 Å². The lowest BCUT2D eigenvalue weighted by Gasteiger charge is -2.24. The zero-order chi connectivity index (χ0) is 12.2. The first-order valence-corrected chi connectivity index (χ1v) is 6.34. The molecule has 1 aliphatic heterocycles. The van der Waals surface area contributed by atoms with Crippen LogP contribution in [0.1, 0.15) is 33.1 Å². The van der Waals surface area contributed by atoms with E-state index in [2.05, 4.69) is 26.5 Å². The van der Waals surface area contributed by atoms with Crippen LogP contribution in [0.4, 0.5) is 0 Å². The monoisotopic (exact) mass is 230 g/mol. The summed E-state index contributed by atoms with van der Waals surface area (Å²) in [4.78, 5) is 11.7. The van der Waals surface area contributed by atoms with Crippen LogP contribution in [0.3, 0.4) is 0 Å². The van der Waals surface area contributed by atoms with Gasteiger partial charge in [0.1, 0.15) is 6.10 Å². The summed E-state index contributed by atoms with van der Waals surface area (Å²) in [6, 6.07) is 0. The van der Waals surface area contributed by atoms with Crippen molar-refractivity contribution >= 4 is 5.97 Å². The molecule has 0 radical (unpaired) electrons. The van der Waals surface area contributed by atoms with Gasteiger partial charge in [-0.1, -0.05) is 29.4 Å². The molecule has 3 atom stereocenters. The molecule has 0 saturated carbocycles. The molecule has 2 unspecified atom stereocenters. The number of esters is 1. The van der Waals surface area contributed by atoms with Crippen molar-refractivity contribution in [1.29, 1.82) is 0 Å². The van der Waals surface area contributed by atoms with Crippen LogP contribution in [-0.2, 0) is 9.53 Å². The smallest absolute Gasteiger partial charge is 0.334 e. The predicted octanol–water partition coefficient (Wildman–Crippen LogP) is 3.16. The minimum absolute atomic E-state index is 0.0150. The molecule has 2 nitrogen and oxygen atoms in total. The molecule has 0 spiro atoms. The Morgan fingerprint density at radius 3 is 2.94 bits per heavy atom. The van der Waals surface area contributed by atoms with Crippen LogP contribution in [0, 0.1) is 11.8 Å². The topological polar surface area (TPSA) is 26.3 Å². The summed E-state index contributed by atoms with van der Waals surface area (Å²) >= 11 is 0. The van der Waals surface area contributed by atoms with E-state index < -0.39 is 0 Å². The molecule has 2 heteroatoms. The van der Waals surface area contributed by atoms with Crippen molar-refractivity contribution in [1.82, 2.24) is 0 Å². The average Bonchev–Trinajstić information content (AvgIpc) is 2.75. The van der Waals surface area contributed by atoms with E-state index in [1.54, 1.807) is 0 Å². The van der Waals surface area contributed by atoms with Crippen molar-refractivity contribution < 1.29 is 9.53 Å². The van der Waals surface area contributed by atoms with Gasteiger partial charge < -0.3 is 4.74 Å². The Balaban J connectivity index is 2.04. The number of hydrogen-bond acceptors (Lipinski definition) is 2. The molecule has 2 aliphatic carbocycles. The summed E-state index contributed by atoms with van der Waals surface area (Å²) in [5.41, 5.74) is 5.02. The van der Waals surface area contributed by atoms with Crippen LogP contribution >= 0.6 is 0 Å². The highest BCUT2D eigenvalue weighted by molar-refractivity contribution is 5.91. The maximum absolute atomic E-state index is 11.7. The number of carbonyl (C=O) groups excluding carboxylic acids is 1. The van der Waals surface area contributed by atoms with Crippen LogP contribution in [0.15, 0.2) is 34.9 Å². The summed E-state index contributed by atoms with van der Waals surface area (Å²) in [5.74, 6) is 0.366. The normalized spacial score (nSPS) is 36.4. The van der Waals surface area contributed by atoms with Crippen LogP contribution in [-0.4, -0.2) is 12.1 Å². The van der Waals surface area contributed by atoms with Crippen molar-refractivity contribution in [3.8, 4) is 0 Å². The minimum Gasteiger partial charge on any atom is -0.457 e. The van der Waals surface area contributed by atoms with Crippen molar-refractivity contribution in [2.45, 2.75) is 39.2 Å². The largest absolute Gasteiger partial charge is 0.457 e. The van der Waals surface area contributed by atoms with E-state index in [0.717, 1.165) is 19.3 Å². The molecular formula is C15H18O2. The molecule has 3 rings (SSSR count). The summed E-state index contributed by atoms with van der Waals surface area (Å²) < 4.78 is 5.58. The number of ether oxygens (including phenoxy) is 1. The molecule has 0 amide bonds. The van der Waals surface area contributed by atoms with Crippen LogP contribution in [0.2, 0.25) is 0 Å². The molecule has 17 heavy (non-hydrogen) atoms. The van der Waals surface area contributed by atoms with E-state index in [4.69, 9.17) is 4.74 Å². The lowest BCUT2D eigenvalue weighted by molar-refractivity contribution is -0.140. The molecule has 3 aliphatic rings. The zero-order valence-electron chi connectivity index (χ0n) is 10.5. The molecular weight excluding hydrogens is 212 g/mol. The fourth-order valence-corrected chi connectivity index (χ4v) is 3.50. The van der Waals surface area contributed by atoms with E-state index in [0.29, 0.717) is 11.5 Å². The SMILES string of the molecule is C=C1C(=O)O[C@H]2C1CCC(C)=C1CC=C(C)C12. The van der Waals surface area contributed by atoms with Gasteiger partial charge in [-0.2, -0.15) is 0 Å². The van der Waals surface area contributed by atoms with Gasteiger partial charge in [-0.05, 0) is 33.1 Å². The Bertz CT molecular complexity index is 467. The molecule has 0 N–H and O–H groups in total. The molecule has 1 heterocycles. The molecule has 90 valence electrons. The van der Waals surface area contributed by atoms with Crippen molar-refractivity contribution in [2.24, 2.45) is 11.8 Å². The molecule has 0 aromatic carbocycles. The summed E-state index contributed by atoms with van der Waals surface area (Å²) in [6.07, 6.45) is 5.41. The fourth-order valence-electron chi connectivity index (χ4n) is 3.50. The van der Waals surface area contributed by atoms with E-state index in [1.807, 2.05) is 0 Å². The third-order valence-corrected chi connectivity index (χ3v) is 4.57. The molecule has 0 aromatic heterocycles. The second kappa shape index (κ2) is 3.59. The van der Waals surface area contributed by atoms with Gasteiger partial charge in [0.05, 0.1) is 0 Å². The highest BCUT2D eigenvalue weighted by Crippen LogP contribution is 2.48. The lowest BCUT2D eigenvalue weighted by Crippen LogP contribution is -2.26. The summed E-state index contributed by atoms with van der Waals surface area (Å²) in [6.45, 7) is 8.29. The number of allylic oxidation sites excluding steroid dienone is 2. The Morgan fingerprint density at radius 2 is 2.18 bits per heavy atom. The summed E-state index contributed by atoms with van der Waals surface area (Å²) in [5, 5.41) is 0. The zero-order valence-corrected chi connectivity index (χ0v) is 10.5. The highest BCUT2D eigenvalue weighted by atomic mass is 16.6. The third kappa shape index (κ3) is 1.43. The number of carbonyl (C=O) groups is 1. The molecule has 1 fully saturated rings. The third-order valence-electron chi connectivity index (χ3n) is 4.57. The minimum atomic E-state index is -0.182. The van der Waals surface area contributed by atoms with Crippen LogP contribution in [0.5, 0.6) is 0 Å². The van der Waals surface area contributed by atoms with E-state index >= 15 is 0 Å². The first kappa shape index (κ1) is 10.8. The molecule has 0 aromatic rings. The highest BCUT2D eigenvalue weighted by Gasteiger charge is 2.47. The number of hydrogen-bond donors (Lipinski definition) is 0. The number of rotatable bonds is 0. The fraction of sp³-hybridized carbons (Fsp3) is 0.533. The lowest BCUT2D eigenvalue weighted by atomic mass is 9.83. The Labute approximate surface area is 102 Å². The van der Waals surface area contributed by atoms with E-state index in [9.17, 15) is 4.79 Å². The molecule has 1 saturated heterocycles. The second-order valence-electron chi connectivity index (χ2n) is 5.48. The second-order valence-corrected chi connectivity index (χ2v) is 5.48. The van der Waals surface area contributed by atoms with Gasteiger partial charge in [-0.3, -0.25) is 0 Å². The predicted molar refractivity (Wildman–Crippen MR) is 66.3 cm³/mol. The van der Waals surface area contributed by atoms with Gasteiger partial charge in [0.15, 0.2) is 0 Å². The van der Waals surface area contributed by atoms with Gasteiger partial charge in [-0.25, -0.2) is 4.79 Å². The van der Waals surface area contributed by atoms with Gasteiger partial charge in [0.2, 0.25) is 0 Å². The Hall–Kier alpha value is -1.31. The standard InChI is InChI=1S/C15H18O2/c1-8-4-7-12-10(3)15(16)17-14(12)13-9(2)5-6-11(8)13/h5,12-14H,3-4,6-7H2,1-2H3/t12?,13?,14-/m0/s1. The summed E-state index contributed by atoms with van der Waals surface area (Å²) in [7, 11) is 0. The number of fused-ring (bicyclic) bond motifs is 3. The van der Waals surface area contributed by atoms with Crippen LogP contribution < -0.4 is 0 Å². The van der Waals surface area contributed by atoms with Gasteiger partial charge in [0, 0.05) is 17.4 Å². The van der Waals surface area contributed by atoms with Crippen molar-refractivity contribution in [3.63, 3.8) is 0 Å². The average molecular weight is 230 g/mol. The van der Waals surface area contributed by atoms with Crippen LogP contribution in [0.25, 0.3) is 0 Å². The van der Waals surface area contributed by atoms with Gasteiger partial charge in [0.25, 0.3) is 0 Å². The maximum Gasteiger partial charge on any atom is 0.334 e. The van der Waals surface area contributed by atoms with Gasteiger partial charge in [-0.15, -0.1) is 0 Å². The first-order valence-electron chi connectivity index (χ1n) is 6.34. The first-order chi connectivity index (χ1) is 8.09.